The van der Waals surface area contributed by atoms with E-state index in [0.29, 0.717) is 0 Å². The SMILES string of the molecule is CC1(C)[C@H](C(=O)OCc2c(F)c(F)cc(F)c2F)[C@@H]1/C=C/C#N. The molecule has 0 heterocycles. The molecule has 0 amide bonds. The lowest BCUT2D eigenvalue weighted by molar-refractivity contribution is -0.147. The molecule has 1 saturated carbocycles. The second kappa shape index (κ2) is 6.03. The zero-order chi connectivity index (χ0) is 17.4. The number of ether oxygens (including phenoxy) is 1. The summed E-state index contributed by atoms with van der Waals surface area (Å²) < 4.78 is 57.9. The van der Waals surface area contributed by atoms with E-state index in [-0.39, 0.29) is 12.0 Å². The molecular formula is C16H13F4NO2. The number of carbonyl (C=O) groups excluding carboxylic acids is 1. The number of halogens is 4. The van der Waals surface area contributed by atoms with Crippen LogP contribution in [-0.4, -0.2) is 5.97 Å². The van der Waals surface area contributed by atoms with E-state index in [4.69, 9.17) is 10.00 Å². The van der Waals surface area contributed by atoms with Gasteiger partial charge in [0.15, 0.2) is 23.3 Å². The fraction of sp³-hybridized carbons (Fsp3) is 0.375. The molecule has 2 rings (SSSR count). The first-order valence-corrected chi connectivity index (χ1v) is 6.76. The quantitative estimate of drug-likeness (QED) is 0.367. The normalized spacial score (nSPS) is 22.0. The molecule has 7 heteroatoms. The van der Waals surface area contributed by atoms with E-state index in [2.05, 4.69) is 0 Å². The Morgan fingerprint density at radius 2 is 1.87 bits per heavy atom. The number of carbonyl (C=O) groups is 1. The lowest BCUT2D eigenvalue weighted by Crippen LogP contribution is -2.13. The molecule has 1 fully saturated rings. The summed E-state index contributed by atoms with van der Waals surface area (Å²) in [7, 11) is 0. The van der Waals surface area contributed by atoms with E-state index in [9.17, 15) is 22.4 Å². The van der Waals surface area contributed by atoms with E-state index in [1.807, 2.05) is 0 Å². The summed E-state index contributed by atoms with van der Waals surface area (Å²) in [5, 5.41) is 8.50. The maximum Gasteiger partial charge on any atom is 0.310 e. The van der Waals surface area contributed by atoms with E-state index in [1.54, 1.807) is 26.0 Å². The predicted octanol–water partition coefficient (Wildman–Crippen LogP) is 3.64. The molecule has 1 aliphatic rings. The van der Waals surface area contributed by atoms with Crippen LogP contribution in [0.15, 0.2) is 18.2 Å². The third-order valence-electron chi connectivity index (χ3n) is 4.10. The van der Waals surface area contributed by atoms with Gasteiger partial charge in [-0.1, -0.05) is 19.9 Å². The molecule has 23 heavy (non-hydrogen) atoms. The van der Waals surface area contributed by atoms with E-state index >= 15 is 0 Å². The smallest absolute Gasteiger partial charge is 0.310 e. The highest BCUT2D eigenvalue weighted by atomic mass is 19.2. The molecule has 0 unspecified atom stereocenters. The Morgan fingerprint density at radius 1 is 1.30 bits per heavy atom. The third-order valence-corrected chi connectivity index (χ3v) is 4.10. The summed E-state index contributed by atoms with van der Waals surface area (Å²) in [6.07, 6.45) is 2.79. The van der Waals surface area contributed by atoms with Crippen molar-refractivity contribution in [3.63, 3.8) is 0 Å². The Morgan fingerprint density at radius 3 is 2.39 bits per heavy atom. The van der Waals surface area contributed by atoms with Gasteiger partial charge in [-0.05, 0) is 11.3 Å². The molecule has 1 aromatic carbocycles. The lowest BCUT2D eigenvalue weighted by atomic mass is 10.1. The van der Waals surface area contributed by atoms with Crippen LogP contribution in [0, 0.1) is 51.9 Å². The van der Waals surface area contributed by atoms with Crippen molar-refractivity contribution in [1.29, 1.82) is 5.26 Å². The van der Waals surface area contributed by atoms with Crippen LogP contribution >= 0.6 is 0 Å². The van der Waals surface area contributed by atoms with Crippen LogP contribution < -0.4 is 0 Å². The molecule has 2 atom stereocenters. The number of allylic oxidation sites excluding steroid dienone is 2. The summed E-state index contributed by atoms with van der Waals surface area (Å²) in [4.78, 5) is 12.0. The highest BCUT2D eigenvalue weighted by molar-refractivity contribution is 5.78. The monoisotopic (exact) mass is 327 g/mol. The molecule has 3 nitrogen and oxygen atoms in total. The highest BCUT2D eigenvalue weighted by Crippen LogP contribution is 2.59. The molecular weight excluding hydrogens is 314 g/mol. The van der Waals surface area contributed by atoms with E-state index in [1.165, 1.54) is 6.08 Å². The first-order valence-electron chi connectivity index (χ1n) is 6.76. The van der Waals surface area contributed by atoms with Crippen molar-refractivity contribution in [3.8, 4) is 6.07 Å². The molecule has 0 saturated heterocycles. The molecule has 0 aromatic heterocycles. The lowest BCUT2D eigenvalue weighted by Gasteiger charge is -2.09. The molecule has 0 radical (unpaired) electrons. The molecule has 1 aliphatic carbocycles. The minimum atomic E-state index is -1.59. The van der Waals surface area contributed by atoms with Crippen molar-refractivity contribution in [2.75, 3.05) is 0 Å². The predicted molar refractivity (Wildman–Crippen MR) is 71.6 cm³/mol. The maximum atomic E-state index is 13.5. The van der Waals surface area contributed by atoms with Gasteiger partial charge in [0.1, 0.15) is 6.61 Å². The fourth-order valence-corrected chi connectivity index (χ4v) is 2.62. The number of esters is 1. The number of nitrogens with zero attached hydrogens (tertiary/aromatic N) is 1. The van der Waals surface area contributed by atoms with Crippen LogP contribution in [0.5, 0.6) is 0 Å². The Labute approximate surface area is 130 Å². The average molecular weight is 327 g/mol. The number of rotatable bonds is 4. The average Bonchev–Trinajstić information content (AvgIpc) is 3.04. The number of benzene rings is 1. The summed E-state index contributed by atoms with van der Waals surface area (Å²) in [6, 6.07) is 1.89. The van der Waals surface area contributed by atoms with Gasteiger partial charge in [-0.3, -0.25) is 4.79 Å². The topological polar surface area (TPSA) is 50.1 Å². The van der Waals surface area contributed by atoms with Crippen molar-refractivity contribution < 1.29 is 27.1 Å². The zero-order valence-electron chi connectivity index (χ0n) is 12.4. The Balaban J connectivity index is 2.10. The van der Waals surface area contributed by atoms with Gasteiger partial charge < -0.3 is 4.74 Å². The van der Waals surface area contributed by atoms with Crippen LogP contribution in [0.25, 0.3) is 0 Å². The second-order valence-electron chi connectivity index (χ2n) is 5.87. The van der Waals surface area contributed by atoms with Crippen molar-refractivity contribution in [2.24, 2.45) is 17.3 Å². The van der Waals surface area contributed by atoms with Gasteiger partial charge in [-0.15, -0.1) is 0 Å². The van der Waals surface area contributed by atoms with Crippen LogP contribution in [-0.2, 0) is 16.1 Å². The van der Waals surface area contributed by atoms with Gasteiger partial charge in [0, 0.05) is 12.1 Å². The van der Waals surface area contributed by atoms with E-state index in [0.717, 1.165) is 0 Å². The van der Waals surface area contributed by atoms with Crippen molar-refractivity contribution in [1.82, 2.24) is 0 Å². The van der Waals surface area contributed by atoms with Crippen molar-refractivity contribution in [3.05, 3.63) is 47.1 Å². The molecule has 122 valence electrons. The number of nitriles is 1. The third kappa shape index (κ3) is 3.07. The minimum absolute atomic E-state index is 0.0860. The summed E-state index contributed by atoms with van der Waals surface area (Å²) in [6.45, 7) is 2.63. The van der Waals surface area contributed by atoms with Crippen LogP contribution in [0.2, 0.25) is 0 Å². The zero-order valence-corrected chi connectivity index (χ0v) is 12.4. The Bertz CT molecular complexity index is 696. The van der Waals surface area contributed by atoms with Gasteiger partial charge in [-0.2, -0.15) is 5.26 Å². The van der Waals surface area contributed by atoms with Crippen molar-refractivity contribution >= 4 is 5.97 Å². The first kappa shape index (κ1) is 17.0. The molecule has 0 aliphatic heterocycles. The second-order valence-corrected chi connectivity index (χ2v) is 5.87. The Kier molecular flexibility index (Phi) is 4.46. The van der Waals surface area contributed by atoms with Gasteiger partial charge in [0.25, 0.3) is 0 Å². The molecule has 0 N–H and O–H groups in total. The van der Waals surface area contributed by atoms with Gasteiger partial charge >= 0.3 is 5.97 Å². The van der Waals surface area contributed by atoms with Gasteiger partial charge in [-0.25, -0.2) is 17.6 Å². The molecule has 0 bridgehead atoms. The number of hydrogen-bond acceptors (Lipinski definition) is 3. The maximum absolute atomic E-state index is 13.5. The minimum Gasteiger partial charge on any atom is -0.460 e. The van der Waals surface area contributed by atoms with Gasteiger partial charge in [0.2, 0.25) is 0 Å². The first-order chi connectivity index (χ1) is 10.7. The fourth-order valence-electron chi connectivity index (χ4n) is 2.62. The highest BCUT2D eigenvalue weighted by Gasteiger charge is 2.61. The molecule has 0 spiro atoms. The van der Waals surface area contributed by atoms with Crippen LogP contribution in [0.1, 0.15) is 19.4 Å². The summed E-state index contributed by atoms with van der Waals surface area (Å²) in [5.41, 5.74) is -1.44. The van der Waals surface area contributed by atoms with Crippen LogP contribution in [0.4, 0.5) is 17.6 Å². The standard InChI is InChI=1S/C16H13F4NO2/c1-16(2)9(4-3-5-21)12(16)15(22)23-7-8-13(19)10(17)6-11(18)14(8)20/h3-4,6,9,12H,7H2,1-2H3/b4-3+/t9-,12-/m0/s1. The van der Waals surface area contributed by atoms with E-state index < -0.39 is 52.7 Å². The molecule has 1 aromatic rings. The largest absolute Gasteiger partial charge is 0.460 e. The van der Waals surface area contributed by atoms with Gasteiger partial charge in [0.05, 0.1) is 17.6 Å². The van der Waals surface area contributed by atoms with Crippen LogP contribution in [0.3, 0.4) is 0 Å². The van der Waals surface area contributed by atoms with Crippen molar-refractivity contribution in [2.45, 2.75) is 20.5 Å². The number of hydrogen-bond donors (Lipinski definition) is 0. The summed E-state index contributed by atoms with van der Waals surface area (Å²) in [5.74, 6) is -7.87. The summed E-state index contributed by atoms with van der Waals surface area (Å²) >= 11 is 0. The Hall–Kier alpha value is -2.36.